The number of rotatable bonds is 1. The fourth-order valence-corrected chi connectivity index (χ4v) is 11.9. The standard InChI is InChI=1S/C52H40B2N2O2S/c1-51(2,3)29-19-22-38-33(25-29)32-21-23-42-47-48(32)56(38)49-34-26-30(52(4,5)6)20-24-45(34)59-50(49)54(47)37-27-36-43(28-44(37)58-42)57-41-18-12-17-40-46(41)53(36)35-15-10-11-16-39(35)55(40)31-13-8-7-9-14-31/h7-28H,1-6H3. The maximum atomic E-state index is 7.08. The fourth-order valence-electron chi connectivity index (χ4n) is 10.6. The van der Waals surface area contributed by atoms with Crippen LogP contribution in [0.15, 0.2) is 133 Å². The third-order valence-electron chi connectivity index (χ3n) is 13.4. The molecule has 282 valence electrons. The van der Waals surface area contributed by atoms with Crippen molar-refractivity contribution >= 4 is 106 Å². The van der Waals surface area contributed by atoms with Crippen LogP contribution in [-0.2, 0) is 10.8 Å². The van der Waals surface area contributed by atoms with E-state index >= 15 is 0 Å². The lowest BCUT2D eigenvalue weighted by molar-refractivity contribution is 0.466. The van der Waals surface area contributed by atoms with Crippen molar-refractivity contribution in [1.29, 1.82) is 0 Å². The van der Waals surface area contributed by atoms with Crippen LogP contribution >= 0.6 is 11.3 Å². The Bertz CT molecular complexity index is 3330. The van der Waals surface area contributed by atoms with E-state index in [0.717, 1.165) is 34.4 Å². The van der Waals surface area contributed by atoms with Gasteiger partial charge in [-0.1, -0.05) is 102 Å². The first kappa shape index (κ1) is 33.8. The highest BCUT2D eigenvalue weighted by Gasteiger charge is 2.47. The molecule has 0 fully saturated rings. The minimum Gasteiger partial charge on any atom is -0.458 e. The number of aromatic nitrogens is 1. The molecule has 4 aliphatic rings. The highest BCUT2D eigenvalue weighted by Crippen LogP contribution is 2.46. The summed E-state index contributed by atoms with van der Waals surface area (Å²) in [5.74, 6) is 3.55. The molecule has 13 rings (SSSR count). The predicted molar refractivity (Wildman–Crippen MR) is 251 cm³/mol. The zero-order valence-corrected chi connectivity index (χ0v) is 34.8. The second-order valence-corrected chi connectivity index (χ2v) is 20.0. The minimum atomic E-state index is -0.0107. The summed E-state index contributed by atoms with van der Waals surface area (Å²) in [6.07, 6.45) is 0. The van der Waals surface area contributed by atoms with Crippen LogP contribution in [-0.4, -0.2) is 18.0 Å². The van der Waals surface area contributed by atoms with Gasteiger partial charge < -0.3 is 18.9 Å². The van der Waals surface area contributed by atoms with Crippen LogP contribution in [0.4, 0.5) is 17.1 Å². The van der Waals surface area contributed by atoms with Gasteiger partial charge in [-0.25, -0.2) is 0 Å². The molecule has 2 aromatic heterocycles. The first-order valence-electron chi connectivity index (χ1n) is 20.8. The first-order chi connectivity index (χ1) is 28.5. The predicted octanol–water partition coefficient (Wildman–Crippen LogP) is 9.93. The van der Waals surface area contributed by atoms with Crippen LogP contribution in [0.3, 0.4) is 0 Å². The maximum Gasteiger partial charge on any atom is 0.268 e. The molecule has 0 aliphatic carbocycles. The van der Waals surface area contributed by atoms with Crippen LogP contribution in [0.2, 0.25) is 0 Å². The van der Waals surface area contributed by atoms with E-state index in [4.69, 9.17) is 9.47 Å². The summed E-state index contributed by atoms with van der Waals surface area (Å²) >= 11 is 1.94. The van der Waals surface area contributed by atoms with E-state index < -0.39 is 0 Å². The average Bonchev–Trinajstić information content (AvgIpc) is 3.77. The number of thiophene rings is 1. The van der Waals surface area contributed by atoms with Crippen molar-refractivity contribution in [2.24, 2.45) is 0 Å². The molecule has 0 saturated carbocycles. The van der Waals surface area contributed by atoms with E-state index in [1.807, 2.05) is 11.3 Å². The largest absolute Gasteiger partial charge is 0.458 e. The van der Waals surface area contributed by atoms with E-state index in [-0.39, 0.29) is 24.3 Å². The zero-order valence-electron chi connectivity index (χ0n) is 34.0. The number of hydrogen-bond donors (Lipinski definition) is 0. The summed E-state index contributed by atoms with van der Waals surface area (Å²) in [5.41, 5.74) is 16.2. The molecule has 4 aliphatic heterocycles. The zero-order chi connectivity index (χ0) is 39.7. The normalized spacial score (nSPS) is 14.4. The Balaban J connectivity index is 1.10. The Morgan fingerprint density at radius 1 is 0.508 bits per heavy atom. The van der Waals surface area contributed by atoms with Gasteiger partial charge in [0.15, 0.2) is 0 Å². The monoisotopic (exact) mass is 778 g/mol. The van der Waals surface area contributed by atoms with Crippen molar-refractivity contribution in [3.05, 3.63) is 145 Å². The quantitative estimate of drug-likeness (QED) is 0.155. The first-order valence-corrected chi connectivity index (χ1v) is 21.6. The molecule has 7 heteroatoms. The van der Waals surface area contributed by atoms with Crippen LogP contribution in [0, 0.1) is 0 Å². The molecule has 0 saturated heterocycles. The van der Waals surface area contributed by atoms with Gasteiger partial charge in [0.25, 0.3) is 13.4 Å². The van der Waals surface area contributed by atoms with Gasteiger partial charge in [0.1, 0.15) is 23.0 Å². The van der Waals surface area contributed by atoms with Crippen LogP contribution in [0.25, 0.3) is 37.6 Å². The second kappa shape index (κ2) is 11.3. The second-order valence-electron chi connectivity index (χ2n) is 18.9. The molecular formula is C52H40B2N2O2S. The number of ether oxygens (including phenoxy) is 2. The smallest absolute Gasteiger partial charge is 0.268 e. The third-order valence-corrected chi connectivity index (χ3v) is 14.6. The van der Waals surface area contributed by atoms with Crippen molar-refractivity contribution in [1.82, 2.24) is 4.57 Å². The van der Waals surface area contributed by atoms with E-state index in [2.05, 4.69) is 184 Å². The molecule has 9 aromatic rings. The van der Waals surface area contributed by atoms with Crippen molar-refractivity contribution in [2.45, 2.75) is 52.4 Å². The Labute approximate surface area is 348 Å². The molecule has 0 amide bonds. The van der Waals surface area contributed by atoms with Crippen molar-refractivity contribution < 1.29 is 9.47 Å². The van der Waals surface area contributed by atoms with Gasteiger partial charge in [0, 0.05) is 48.8 Å². The molecule has 0 N–H and O–H groups in total. The third kappa shape index (κ3) is 4.46. The number of anilines is 3. The Morgan fingerprint density at radius 2 is 1.19 bits per heavy atom. The average molecular weight is 779 g/mol. The van der Waals surface area contributed by atoms with Gasteiger partial charge in [0.2, 0.25) is 0 Å². The summed E-state index contributed by atoms with van der Waals surface area (Å²) in [6, 6.07) is 49.6. The summed E-state index contributed by atoms with van der Waals surface area (Å²) in [7, 11) is 0. The fraction of sp³-hybridized carbons (Fsp3) is 0.154. The van der Waals surface area contributed by atoms with E-state index in [0.29, 0.717) is 0 Å². The molecule has 6 heterocycles. The van der Waals surface area contributed by atoms with E-state index in [9.17, 15) is 0 Å². The van der Waals surface area contributed by atoms with Gasteiger partial charge in [-0.2, -0.15) is 0 Å². The van der Waals surface area contributed by atoms with Crippen LogP contribution in [0.5, 0.6) is 23.0 Å². The molecule has 0 unspecified atom stereocenters. The van der Waals surface area contributed by atoms with Crippen molar-refractivity contribution in [3.63, 3.8) is 0 Å². The molecule has 0 spiro atoms. The molecular weight excluding hydrogens is 738 g/mol. The molecule has 4 nitrogen and oxygen atoms in total. The highest BCUT2D eigenvalue weighted by atomic mass is 32.1. The van der Waals surface area contributed by atoms with Gasteiger partial charge >= 0.3 is 0 Å². The van der Waals surface area contributed by atoms with Crippen LogP contribution in [0.1, 0.15) is 52.7 Å². The SMILES string of the molecule is CC(C)(C)c1ccc2sc3c(c2c1)-n1c2ccc(C(C)(C)C)cc2c2ccc4c(c21)B3c1cc2c(cc1O4)Oc1cccc3c1B2c1ccccc1N3c1ccccc1. The summed E-state index contributed by atoms with van der Waals surface area (Å²) < 4.78 is 19.3. The lowest BCUT2D eigenvalue weighted by Gasteiger charge is -2.40. The summed E-state index contributed by atoms with van der Waals surface area (Å²) in [6.45, 7) is 13.9. The topological polar surface area (TPSA) is 26.6 Å². The van der Waals surface area contributed by atoms with E-state index in [1.54, 1.807) is 0 Å². The van der Waals surface area contributed by atoms with Crippen LogP contribution < -0.4 is 46.5 Å². The maximum absolute atomic E-state index is 7.08. The molecule has 0 radical (unpaired) electrons. The van der Waals surface area contributed by atoms with Crippen molar-refractivity contribution in [3.8, 4) is 28.7 Å². The number of nitrogens with zero attached hydrogens (tertiary/aromatic N) is 2. The molecule has 0 bridgehead atoms. The molecule has 59 heavy (non-hydrogen) atoms. The Morgan fingerprint density at radius 3 is 1.97 bits per heavy atom. The summed E-state index contributed by atoms with van der Waals surface area (Å²) in [4.78, 5) is 2.40. The Kier molecular flexibility index (Phi) is 6.47. The van der Waals surface area contributed by atoms with Gasteiger partial charge in [0.05, 0.1) is 16.7 Å². The molecule has 7 aromatic carbocycles. The van der Waals surface area contributed by atoms with Crippen molar-refractivity contribution in [2.75, 3.05) is 4.90 Å². The molecule has 0 atom stereocenters. The highest BCUT2D eigenvalue weighted by molar-refractivity contribution is 7.33. The number of benzene rings is 7. The van der Waals surface area contributed by atoms with Gasteiger partial charge in [-0.3, -0.25) is 0 Å². The lowest BCUT2D eigenvalue weighted by atomic mass is 9.32. The lowest BCUT2D eigenvalue weighted by Crippen LogP contribution is -2.62. The number of hydrogen-bond acceptors (Lipinski definition) is 4. The minimum absolute atomic E-state index is 0.00863. The number of para-hydroxylation sites is 2. The van der Waals surface area contributed by atoms with Gasteiger partial charge in [-0.05, 0) is 116 Å². The number of fused-ring (bicyclic) bond motifs is 14. The Hall–Kier alpha value is -6.17. The van der Waals surface area contributed by atoms with E-state index in [1.165, 1.54) is 86.5 Å². The van der Waals surface area contributed by atoms with Gasteiger partial charge in [-0.15, -0.1) is 11.3 Å². The summed E-state index contributed by atoms with van der Waals surface area (Å²) in [5, 5.41) is 3.90.